The number of nitrogens with one attached hydrogen (secondary N) is 1. The SMILES string of the molecule is COc1ccc(C2=C(COc3ccc4c(c3)C(=O)CC4)CCNCC2)cc1. The second-order valence-electron chi connectivity index (χ2n) is 7.09. The molecule has 1 N–H and O–H groups in total. The zero-order valence-electron chi connectivity index (χ0n) is 15.7. The van der Waals surface area contributed by atoms with Crippen LogP contribution in [-0.2, 0) is 6.42 Å². The predicted molar refractivity (Wildman–Crippen MR) is 107 cm³/mol. The van der Waals surface area contributed by atoms with Gasteiger partial charge < -0.3 is 14.8 Å². The van der Waals surface area contributed by atoms with Crippen LogP contribution in [0.1, 0.15) is 40.7 Å². The van der Waals surface area contributed by atoms with Crippen LogP contribution in [0.5, 0.6) is 11.5 Å². The van der Waals surface area contributed by atoms with Crippen molar-refractivity contribution in [2.75, 3.05) is 26.8 Å². The van der Waals surface area contributed by atoms with Gasteiger partial charge in [0.25, 0.3) is 0 Å². The highest BCUT2D eigenvalue weighted by atomic mass is 16.5. The summed E-state index contributed by atoms with van der Waals surface area (Å²) in [5.41, 5.74) is 5.86. The van der Waals surface area contributed by atoms with Gasteiger partial charge in [0.15, 0.2) is 5.78 Å². The molecule has 2 aromatic rings. The molecule has 1 aliphatic carbocycles. The van der Waals surface area contributed by atoms with Gasteiger partial charge in [-0.3, -0.25) is 4.79 Å². The number of Topliss-reactive ketones (excluding diaryl/α,β-unsaturated/α-hetero) is 1. The van der Waals surface area contributed by atoms with Gasteiger partial charge in [-0.15, -0.1) is 0 Å². The Morgan fingerprint density at radius 3 is 2.52 bits per heavy atom. The summed E-state index contributed by atoms with van der Waals surface area (Å²) in [4.78, 5) is 12.0. The van der Waals surface area contributed by atoms with E-state index in [-0.39, 0.29) is 5.78 Å². The van der Waals surface area contributed by atoms with Crippen LogP contribution in [0.4, 0.5) is 0 Å². The molecule has 140 valence electrons. The highest BCUT2D eigenvalue weighted by molar-refractivity contribution is 6.00. The van der Waals surface area contributed by atoms with E-state index in [0.29, 0.717) is 13.0 Å². The lowest BCUT2D eigenvalue weighted by atomic mass is 9.96. The van der Waals surface area contributed by atoms with Crippen LogP contribution < -0.4 is 14.8 Å². The molecule has 0 radical (unpaired) electrons. The fourth-order valence-corrected chi connectivity index (χ4v) is 3.88. The van der Waals surface area contributed by atoms with Crippen LogP contribution in [0.15, 0.2) is 48.0 Å². The average molecular weight is 363 g/mol. The Bertz CT molecular complexity index is 868. The van der Waals surface area contributed by atoms with Crippen LogP contribution in [0.2, 0.25) is 0 Å². The van der Waals surface area contributed by atoms with E-state index < -0.39 is 0 Å². The van der Waals surface area contributed by atoms with Crippen LogP contribution >= 0.6 is 0 Å². The van der Waals surface area contributed by atoms with E-state index in [1.165, 1.54) is 16.7 Å². The lowest BCUT2D eigenvalue weighted by Crippen LogP contribution is -2.14. The number of ketones is 1. The molecule has 0 spiro atoms. The number of benzene rings is 2. The first-order chi connectivity index (χ1) is 13.2. The Morgan fingerprint density at radius 2 is 1.70 bits per heavy atom. The van der Waals surface area contributed by atoms with E-state index in [1.807, 2.05) is 30.3 Å². The third-order valence-electron chi connectivity index (χ3n) is 5.44. The number of hydrogen-bond acceptors (Lipinski definition) is 4. The maximum Gasteiger partial charge on any atom is 0.163 e. The first-order valence-corrected chi connectivity index (χ1v) is 9.59. The quantitative estimate of drug-likeness (QED) is 0.871. The Balaban J connectivity index is 1.56. The van der Waals surface area contributed by atoms with Crippen molar-refractivity contribution in [3.05, 3.63) is 64.7 Å². The van der Waals surface area contributed by atoms with Crippen molar-refractivity contribution in [3.8, 4) is 11.5 Å². The topological polar surface area (TPSA) is 47.6 Å². The van der Waals surface area contributed by atoms with Crippen molar-refractivity contribution in [1.82, 2.24) is 5.32 Å². The molecule has 4 heteroatoms. The number of aryl methyl sites for hydroxylation is 1. The molecule has 27 heavy (non-hydrogen) atoms. The maximum atomic E-state index is 12.0. The normalized spacial score (nSPS) is 16.9. The number of hydrogen-bond donors (Lipinski definition) is 1. The minimum Gasteiger partial charge on any atom is -0.497 e. The summed E-state index contributed by atoms with van der Waals surface area (Å²) in [6.45, 7) is 2.48. The largest absolute Gasteiger partial charge is 0.497 e. The summed E-state index contributed by atoms with van der Waals surface area (Å²) in [5, 5.41) is 3.47. The zero-order chi connectivity index (χ0) is 18.6. The highest BCUT2D eigenvalue weighted by Crippen LogP contribution is 2.29. The number of methoxy groups -OCH3 is 1. The molecule has 0 bridgehead atoms. The molecule has 4 nitrogen and oxygen atoms in total. The molecule has 2 aromatic carbocycles. The fraction of sp³-hybridized carbons (Fsp3) is 0.348. The molecule has 0 fully saturated rings. The number of carbonyl (C=O) groups excluding carboxylic acids is 1. The molecule has 1 heterocycles. The second-order valence-corrected chi connectivity index (χ2v) is 7.09. The van der Waals surface area contributed by atoms with Crippen molar-refractivity contribution in [2.24, 2.45) is 0 Å². The van der Waals surface area contributed by atoms with Crippen molar-refractivity contribution in [2.45, 2.75) is 25.7 Å². The summed E-state index contributed by atoms with van der Waals surface area (Å²) < 4.78 is 11.4. The van der Waals surface area contributed by atoms with E-state index in [4.69, 9.17) is 9.47 Å². The van der Waals surface area contributed by atoms with Gasteiger partial charge in [0.05, 0.1) is 7.11 Å². The van der Waals surface area contributed by atoms with Crippen molar-refractivity contribution in [1.29, 1.82) is 0 Å². The molecule has 0 unspecified atom stereocenters. The van der Waals surface area contributed by atoms with Crippen LogP contribution in [0, 0.1) is 0 Å². The second kappa shape index (κ2) is 7.97. The Kier molecular flexibility index (Phi) is 5.26. The third kappa shape index (κ3) is 3.91. The van der Waals surface area contributed by atoms with Gasteiger partial charge in [-0.05, 0) is 78.9 Å². The number of rotatable bonds is 5. The van der Waals surface area contributed by atoms with Gasteiger partial charge in [0, 0.05) is 12.0 Å². The monoisotopic (exact) mass is 363 g/mol. The van der Waals surface area contributed by atoms with Crippen LogP contribution in [0.25, 0.3) is 5.57 Å². The summed E-state index contributed by atoms with van der Waals surface area (Å²) >= 11 is 0. The van der Waals surface area contributed by atoms with E-state index >= 15 is 0 Å². The molecular formula is C23H25NO3. The highest BCUT2D eigenvalue weighted by Gasteiger charge is 2.20. The van der Waals surface area contributed by atoms with Crippen LogP contribution in [-0.4, -0.2) is 32.6 Å². The van der Waals surface area contributed by atoms with E-state index in [9.17, 15) is 4.79 Å². The van der Waals surface area contributed by atoms with Crippen molar-refractivity contribution in [3.63, 3.8) is 0 Å². The Hall–Kier alpha value is -2.59. The smallest absolute Gasteiger partial charge is 0.163 e. The minimum atomic E-state index is 0.229. The Labute approximate surface area is 160 Å². The van der Waals surface area contributed by atoms with Gasteiger partial charge >= 0.3 is 0 Å². The molecule has 0 aromatic heterocycles. The molecule has 0 atom stereocenters. The van der Waals surface area contributed by atoms with E-state index in [0.717, 1.165) is 55.0 Å². The lowest BCUT2D eigenvalue weighted by molar-refractivity contribution is 0.0994. The summed E-state index contributed by atoms with van der Waals surface area (Å²) in [6.07, 6.45) is 3.42. The summed E-state index contributed by atoms with van der Waals surface area (Å²) in [6, 6.07) is 14.2. The molecule has 2 aliphatic rings. The average Bonchev–Trinajstić information content (AvgIpc) is 2.92. The van der Waals surface area contributed by atoms with Gasteiger partial charge in [-0.1, -0.05) is 18.2 Å². The van der Waals surface area contributed by atoms with Gasteiger partial charge in [0.1, 0.15) is 18.1 Å². The maximum absolute atomic E-state index is 12.0. The van der Waals surface area contributed by atoms with Gasteiger partial charge in [-0.25, -0.2) is 0 Å². The summed E-state index contributed by atoms with van der Waals surface area (Å²) in [5.74, 6) is 1.88. The van der Waals surface area contributed by atoms with Gasteiger partial charge in [-0.2, -0.15) is 0 Å². The number of ether oxygens (including phenoxy) is 2. The van der Waals surface area contributed by atoms with E-state index in [1.54, 1.807) is 7.11 Å². The predicted octanol–water partition coefficient (Wildman–Crippen LogP) is 4.04. The van der Waals surface area contributed by atoms with Gasteiger partial charge in [0.2, 0.25) is 0 Å². The first-order valence-electron chi connectivity index (χ1n) is 9.59. The third-order valence-corrected chi connectivity index (χ3v) is 5.44. The van der Waals surface area contributed by atoms with E-state index in [2.05, 4.69) is 17.4 Å². The Morgan fingerprint density at radius 1 is 0.926 bits per heavy atom. The number of fused-ring (bicyclic) bond motifs is 1. The molecule has 1 aliphatic heterocycles. The van der Waals surface area contributed by atoms with Crippen LogP contribution in [0.3, 0.4) is 0 Å². The van der Waals surface area contributed by atoms with Crippen molar-refractivity contribution >= 4 is 11.4 Å². The standard InChI is InChI=1S/C23H25NO3/c1-26-19-6-2-16(3-7-19)21-11-13-24-12-10-18(21)15-27-20-8-4-17-5-9-23(25)22(17)14-20/h2-4,6-8,14,24H,5,9-13,15H2,1H3. The molecule has 0 saturated carbocycles. The first kappa shape index (κ1) is 17.8. The zero-order valence-corrected chi connectivity index (χ0v) is 15.7. The summed E-state index contributed by atoms with van der Waals surface area (Å²) in [7, 11) is 1.68. The molecular weight excluding hydrogens is 338 g/mol. The van der Waals surface area contributed by atoms with Crippen molar-refractivity contribution < 1.29 is 14.3 Å². The fourth-order valence-electron chi connectivity index (χ4n) is 3.88. The molecule has 4 rings (SSSR count). The molecule has 0 saturated heterocycles. The lowest BCUT2D eigenvalue weighted by Gasteiger charge is -2.15. The molecule has 0 amide bonds. The minimum absolute atomic E-state index is 0.229. The number of carbonyl (C=O) groups is 1.